The fourth-order valence-corrected chi connectivity index (χ4v) is 10.5. The normalized spacial score (nSPS) is 47.4. The third-order valence-corrected chi connectivity index (χ3v) is 13.0. The van der Waals surface area contributed by atoms with E-state index < -0.39 is 37.3 Å². The molecule has 0 radical (unpaired) electrons. The van der Waals surface area contributed by atoms with Crippen LogP contribution in [0.3, 0.4) is 0 Å². The molecule has 1 saturated heterocycles. The number of allylic oxidation sites excluding steroid dienone is 3. The Balaban J connectivity index is 1.24. The van der Waals surface area contributed by atoms with Gasteiger partial charge in [-0.25, -0.2) is 0 Å². The van der Waals surface area contributed by atoms with Crippen LogP contribution < -0.4 is 0 Å². The maximum Gasteiger partial charge on any atom is 0.186 e. The summed E-state index contributed by atoms with van der Waals surface area (Å²) in [6.45, 7) is 14.1. The highest BCUT2D eigenvalue weighted by Crippen LogP contribution is 2.67. The number of hydrogen-bond acceptors (Lipinski definition) is 6. The minimum atomic E-state index is -1.40. The average molecular weight is 575 g/mol. The molecule has 5 rings (SSSR count). The van der Waals surface area contributed by atoms with Crippen LogP contribution in [0.4, 0.5) is 0 Å². The summed E-state index contributed by atoms with van der Waals surface area (Å²) in [6, 6.07) is 0. The van der Waals surface area contributed by atoms with Crippen LogP contribution >= 0.6 is 0 Å². The van der Waals surface area contributed by atoms with Gasteiger partial charge in [-0.15, -0.1) is 0 Å². The molecule has 1 unspecified atom stereocenters. The number of aliphatic hydroxyl groups is 4. The second-order valence-electron chi connectivity index (χ2n) is 15.2. The van der Waals surface area contributed by atoms with Crippen molar-refractivity contribution in [2.45, 2.75) is 143 Å². The lowest BCUT2D eigenvalue weighted by atomic mass is 9.47. The third-order valence-electron chi connectivity index (χ3n) is 13.0. The molecule has 4 fully saturated rings. The van der Waals surface area contributed by atoms with Crippen molar-refractivity contribution in [3.05, 3.63) is 23.3 Å². The molecule has 13 atom stereocenters. The number of ether oxygens (including phenoxy) is 2. The Morgan fingerprint density at radius 1 is 1.02 bits per heavy atom. The second kappa shape index (κ2) is 12.3. The quantitative estimate of drug-likeness (QED) is 0.275. The summed E-state index contributed by atoms with van der Waals surface area (Å²) in [4.78, 5) is 0. The van der Waals surface area contributed by atoms with Gasteiger partial charge in [0.1, 0.15) is 24.4 Å². The number of hydrogen-bond donors (Lipinski definition) is 4. The summed E-state index contributed by atoms with van der Waals surface area (Å²) < 4.78 is 11.9. The van der Waals surface area contributed by atoms with Crippen LogP contribution in [-0.2, 0) is 9.47 Å². The molecule has 6 nitrogen and oxygen atoms in total. The van der Waals surface area contributed by atoms with Crippen molar-refractivity contribution in [2.24, 2.45) is 46.3 Å². The zero-order chi connectivity index (χ0) is 29.7. The SMILES string of the molecule is C/C=C(/CC[C@@H](C)[C@H]1CC[C@H]2[C@@H]3CC=C4CC(O[C@@H]5O[C@H](CO)[C@H](O)[C@H](O)[C@H]5O)CC[C@]4(C)[C@H]3CC[C@]12C)C(C)C. The molecule has 0 aromatic heterocycles. The number of fused-ring (bicyclic) bond motifs is 5. The van der Waals surface area contributed by atoms with Crippen LogP contribution in [0, 0.1) is 46.3 Å². The predicted octanol–water partition coefficient (Wildman–Crippen LogP) is 5.77. The summed E-state index contributed by atoms with van der Waals surface area (Å²) in [5.74, 6) is 4.56. The van der Waals surface area contributed by atoms with Crippen LogP contribution in [0.25, 0.3) is 0 Å². The molecular formula is C35H58O6. The van der Waals surface area contributed by atoms with Gasteiger partial charge in [-0.05, 0) is 117 Å². The molecule has 3 saturated carbocycles. The maximum atomic E-state index is 10.5. The van der Waals surface area contributed by atoms with Crippen molar-refractivity contribution >= 4 is 0 Å². The van der Waals surface area contributed by atoms with Crippen molar-refractivity contribution in [1.82, 2.24) is 0 Å². The van der Waals surface area contributed by atoms with Gasteiger partial charge in [-0.3, -0.25) is 0 Å². The molecule has 4 aliphatic carbocycles. The van der Waals surface area contributed by atoms with Gasteiger partial charge in [0.15, 0.2) is 6.29 Å². The van der Waals surface area contributed by atoms with E-state index in [4.69, 9.17) is 9.47 Å². The van der Waals surface area contributed by atoms with Gasteiger partial charge in [-0.2, -0.15) is 0 Å². The Hall–Kier alpha value is -0.760. The molecule has 4 N–H and O–H groups in total. The third kappa shape index (κ3) is 5.64. The van der Waals surface area contributed by atoms with Crippen molar-refractivity contribution in [1.29, 1.82) is 0 Å². The molecule has 0 spiro atoms. The molecular weight excluding hydrogens is 516 g/mol. The van der Waals surface area contributed by atoms with Crippen molar-refractivity contribution in [2.75, 3.05) is 6.61 Å². The lowest BCUT2D eigenvalue weighted by molar-refractivity contribution is -0.313. The molecule has 6 heteroatoms. The standard InChI is InChI=1S/C35H58O6/c1-7-22(20(2)3)9-8-21(4)26-12-13-27-25-11-10-23-18-24(14-16-34(23,5)28(25)15-17-35(26,27)6)40-33-32(39)31(38)30(37)29(19-36)41-33/h7,10,20-21,24-33,36-39H,8-9,11-19H2,1-6H3/b22-7-/t21-,24?,25+,26-,27+,28+,29-,30+,31+,32-,33-,34+,35-/m1/s1. The molecule has 1 heterocycles. The van der Waals surface area contributed by atoms with E-state index in [-0.39, 0.29) is 11.5 Å². The number of aliphatic hydroxyl groups excluding tert-OH is 4. The molecule has 0 bridgehead atoms. The van der Waals surface area contributed by atoms with Crippen molar-refractivity contribution < 1.29 is 29.9 Å². The lowest BCUT2D eigenvalue weighted by Crippen LogP contribution is -2.60. The zero-order valence-electron chi connectivity index (χ0n) is 26.5. The summed E-state index contributed by atoms with van der Waals surface area (Å²) in [6.07, 6.45) is 10.6. The first-order chi connectivity index (χ1) is 19.4. The van der Waals surface area contributed by atoms with Gasteiger partial charge in [-0.1, -0.05) is 57.9 Å². The Morgan fingerprint density at radius 3 is 2.46 bits per heavy atom. The van der Waals surface area contributed by atoms with Gasteiger partial charge < -0.3 is 29.9 Å². The average Bonchev–Trinajstić information content (AvgIpc) is 3.30. The zero-order valence-corrected chi connectivity index (χ0v) is 26.5. The van der Waals surface area contributed by atoms with Crippen LogP contribution in [0.15, 0.2) is 23.3 Å². The van der Waals surface area contributed by atoms with Gasteiger partial charge in [0.05, 0.1) is 12.7 Å². The molecule has 5 aliphatic rings. The predicted molar refractivity (Wildman–Crippen MR) is 161 cm³/mol. The van der Waals surface area contributed by atoms with Crippen LogP contribution in [0.2, 0.25) is 0 Å². The summed E-state index contributed by atoms with van der Waals surface area (Å²) in [5, 5.41) is 40.4. The maximum absolute atomic E-state index is 10.5. The second-order valence-corrected chi connectivity index (χ2v) is 15.2. The summed E-state index contributed by atoms with van der Waals surface area (Å²) in [5.41, 5.74) is 3.77. The molecule has 0 amide bonds. The van der Waals surface area contributed by atoms with Crippen molar-refractivity contribution in [3.63, 3.8) is 0 Å². The smallest absolute Gasteiger partial charge is 0.186 e. The van der Waals surface area contributed by atoms with Gasteiger partial charge >= 0.3 is 0 Å². The summed E-state index contributed by atoms with van der Waals surface area (Å²) >= 11 is 0. The molecule has 0 aromatic carbocycles. The van der Waals surface area contributed by atoms with E-state index in [0.717, 1.165) is 48.9 Å². The van der Waals surface area contributed by atoms with E-state index in [1.54, 1.807) is 5.57 Å². The molecule has 41 heavy (non-hydrogen) atoms. The van der Waals surface area contributed by atoms with E-state index in [2.05, 4.69) is 53.7 Å². The Kier molecular flexibility index (Phi) is 9.51. The number of rotatable bonds is 8. The highest BCUT2D eigenvalue weighted by molar-refractivity contribution is 5.25. The van der Waals surface area contributed by atoms with E-state index in [1.165, 1.54) is 50.5 Å². The first-order valence-electron chi connectivity index (χ1n) is 16.7. The van der Waals surface area contributed by atoms with E-state index in [1.807, 2.05) is 0 Å². The monoisotopic (exact) mass is 574 g/mol. The van der Waals surface area contributed by atoms with E-state index in [0.29, 0.717) is 11.3 Å². The van der Waals surface area contributed by atoms with Gasteiger partial charge in [0.25, 0.3) is 0 Å². The van der Waals surface area contributed by atoms with E-state index >= 15 is 0 Å². The largest absolute Gasteiger partial charge is 0.394 e. The molecule has 0 aromatic rings. The van der Waals surface area contributed by atoms with Gasteiger partial charge in [0.2, 0.25) is 0 Å². The molecule has 234 valence electrons. The minimum absolute atomic E-state index is 0.106. The highest BCUT2D eigenvalue weighted by atomic mass is 16.7. The fraction of sp³-hybridized carbons (Fsp3) is 0.886. The topological polar surface area (TPSA) is 99.4 Å². The van der Waals surface area contributed by atoms with Crippen molar-refractivity contribution in [3.8, 4) is 0 Å². The highest BCUT2D eigenvalue weighted by Gasteiger charge is 2.59. The van der Waals surface area contributed by atoms with Crippen LogP contribution in [0.5, 0.6) is 0 Å². The van der Waals surface area contributed by atoms with Crippen LogP contribution in [0.1, 0.15) is 106 Å². The Bertz CT molecular complexity index is 974. The Labute approximate surface area is 248 Å². The minimum Gasteiger partial charge on any atom is -0.394 e. The Morgan fingerprint density at radius 2 is 1.78 bits per heavy atom. The van der Waals surface area contributed by atoms with Crippen LogP contribution in [-0.4, -0.2) is 63.8 Å². The fourth-order valence-electron chi connectivity index (χ4n) is 10.5. The lowest BCUT2D eigenvalue weighted by Gasteiger charge is -2.58. The van der Waals surface area contributed by atoms with Gasteiger partial charge in [0, 0.05) is 0 Å². The first kappa shape index (κ1) is 31.7. The summed E-state index contributed by atoms with van der Waals surface area (Å²) in [7, 11) is 0. The first-order valence-corrected chi connectivity index (χ1v) is 16.7. The van der Waals surface area contributed by atoms with E-state index in [9.17, 15) is 20.4 Å². The molecule has 1 aliphatic heterocycles.